The van der Waals surface area contributed by atoms with Crippen LogP contribution in [0.2, 0.25) is 0 Å². The van der Waals surface area contributed by atoms with Gasteiger partial charge in [-0.25, -0.2) is 8.42 Å². The first-order chi connectivity index (χ1) is 17.5. The average Bonchev–Trinajstić information content (AvgIpc) is 2.92. The molecule has 0 radical (unpaired) electrons. The van der Waals surface area contributed by atoms with E-state index in [9.17, 15) is 13.5 Å². The Kier molecular flexibility index (Phi) is 8.73. The normalized spacial score (nSPS) is 12.1. The zero-order chi connectivity index (χ0) is 25.2. The second-order valence-corrected chi connectivity index (χ2v) is 10.2. The number of ether oxygens (including phenoxy) is 1. The summed E-state index contributed by atoms with van der Waals surface area (Å²) in [6, 6.07) is 33.1. The first-order valence-corrected chi connectivity index (χ1v) is 13.3. The maximum atomic E-state index is 13.1. The van der Waals surface area contributed by atoms with Crippen LogP contribution < -0.4 is 14.8 Å². The van der Waals surface area contributed by atoms with Gasteiger partial charge in [-0.3, -0.25) is 4.72 Å². The maximum Gasteiger partial charge on any atom is 0.262 e. The molecular formula is C29H30N2O4S. The third-order valence-electron chi connectivity index (χ3n) is 5.72. The lowest BCUT2D eigenvalue weighted by Crippen LogP contribution is -2.34. The largest absolute Gasteiger partial charge is 0.487 e. The highest BCUT2D eigenvalue weighted by molar-refractivity contribution is 7.92. The number of aliphatic hydroxyl groups is 1. The molecule has 0 amide bonds. The monoisotopic (exact) mass is 502 g/mol. The van der Waals surface area contributed by atoms with Crippen molar-refractivity contribution in [2.45, 2.75) is 30.5 Å². The molecule has 36 heavy (non-hydrogen) atoms. The molecule has 0 saturated heterocycles. The van der Waals surface area contributed by atoms with Crippen LogP contribution in [0.15, 0.2) is 114 Å². The van der Waals surface area contributed by atoms with Gasteiger partial charge in [0.15, 0.2) is 0 Å². The number of sulfonamides is 1. The van der Waals surface area contributed by atoms with Crippen molar-refractivity contribution in [1.82, 2.24) is 5.32 Å². The van der Waals surface area contributed by atoms with Gasteiger partial charge in [0.05, 0.1) is 17.2 Å². The van der Waals surface area contributed by atoms with E-state index in [1.165, 1.54) is 0 Å². The quantitative estimate of drug-likeness (QED) is 0.260. The zero-order valence-electron chi connectivity index (χ0n) is 19.9. The smallest absolute Gasteiger partial charge is 0.262 e. The van der Waals surface area contributed by atoms with Crippen molar-refractivity contribution in [2.24, 2.45) is 0 Å². The summed E-state index contributed by atoms with van der Waals surface area (Å²) in [6.07, 6.45) is 0.516. The van der Waals surface area contributed by atoms with Crippen molar-refractivity contribution in [3.05, 3.63) is 126 Å². The van der Waals surface area contributed by atoms with Gasteiger partial charge >= 0.3 is 0 Å². The highest BCUT2D eigenvalue weighted by atomic mass is 32.2. The Hall–Kier alpha value is -3.65. The minimum atomic E-state index is -3.81. The van der Waals surface area contributed by atoms with Gasteiger partial charge < -0.3 is 15.2 Å². The fourth-order valence-electron chi connectivity index (χ4n) is 3.79. The molecule has 3 N–H and O–H groups in total. The molecule has 4 aromatic carbocycles. The molecule has 7 heteroatoms. The SMILES string of the molecule is O=S(=O)(Nc1cc(CC(CO)NCc2ccccc2)ccc1OCc1ccccc1)c1ccccc1. The van der Waals surface area contributed by atoms with Crippen LogP contribution >= 0.6 is 0 Å². The van der Waals surface area contributed by atoms with Crippen LogP contribution in [0, 0.1) is 0 Å². The molecule has 4 rings (SSSR count). The summed E-state index contributed by atoms with van der Waals surface area (Å²) in [7, 11) is -3.81. The summed E-state index contributed by atoms with van der Waals surface area (Å²) < 4.78 is 34.8. The lowest BCUT2D eigenvalue weighted by Gasteiger charge is -2.19. The van der Waals surface area contributed by atoms with E-state index in [0.29, 0.717) is 31.0 Å². The first kappa shape index (κ1) is 25.4. The summed E-state index contributed by atoms with van der Waals surface area (Å²) in [5.74, 6) is 0.430. The molecule has 1 unspecified atom stereocenters. The lowest BCUT2D eigenvalue weighted by molar-refractivity contribution is 0.241. The van der Waals surface area contributed by atoms with Crippen molar-refractivity contribution in [1.29, 1.82) is 0 Å². The Bertz CT molecular complexity index is 1330. The molecule has 0 spiro atoms. The van der Waals surface area contributed by atoms with Crippen LogP contribution in [-0.4, -0.2) is 26.2 Å². The van der Waals surface area contributed by atoms with Gasteiger partial charge in [0, 0.05) is 12.6 Å². The van der Waals surface area contributed by atoms with Crippen LogP contribution in [0.25, 0.3) is 0 Å². The molecule has 4 aromatic rings. The van der Waals surface area contributed by atoms with Gasteiger partial charge in [-0.2, -0.15) is 0 Å². The fraction of sp³-hybridized carbons (Fsp3) is 0.172. The van der Waals surface area contributed by atoms with E-state index in [1.807, 2.05) is 66.7 Å². The summed E-state index contributed by atoms with van der Waals surface area (Å²) in [4.78, 5) is 0.169. The molecule has 0 saturated carbocycles. The molecule has 0 bridgehead atoms. The molecular weight excluding hydrogens is 472 g/mol. The molecule has 1 atom stereocenters. The van der Waals surface area contributed by atoms with E-state index in [-0.39, 0.29) is 17.5 Å². The van der Waals surface area contributed by atoms with Crippen molar-refractivity contribution in [3.8, 4) is 5.75 Å². The predicted octanol–water partition coefficient (Wildman–Crippen LogP) is 4.76. The Balaban J connectivity index is 1.54. The molecule has 0 aromatic heterocycles. The van der Waals surface area contributed by atoms with Crippen LogP contribution in [0.4, 0.5) is 5.69 Å². The van der Waals surface area contributed by atoms with Crippen LogP contribution in [0.5, 0.6) is 5.75 Å². The lowest BCUT2D eigenvalue weighted by atomic mass is 10.0. The van der Waals surface area contributed by atoms with E-state index < -0.39 is 10.0 Å². The van der Waals surface area contributed by atoms with E-state index in [2.05, 4.69) is 10.0 Å². The van der Waals surface area contributed by atoms with Gasteiger partial charge in [0.1, 0.15) is 12.4 Å². The number of hydrogen-bond donors (Lipinski definition) is 3. The average molecular weight is 503 g/mol. The topological polar surface area (TPSA) is 87.7 Å². The van der Waals surface area contributed by atoms with Gasteiger partial charge in [-0.1, -0.05) is 84.9 Å². The molecule has 0 aliphatic heterocycles. The summed E-state index contributed by atoms with van der Waals surface area (Å²) in [6.45, 7) is 0.875. The zero-order valence-corrected chi connectivity index (χ0v) is 20.7. The standard InChI is InChI=1S/C29H30N2O4S/c32-21-26(30-20-23-10-4-1-5-11-23)18-25-16-17-29(35-22-24-12-6-2-7-13-24)28(19-25)31-36(33,34)27-14-8-3-9-15-27/h1-17,19,26,30-32H,18,20-22H2. The first-order valence-electron chi connectivity index (χ1n) is 11.8. The Morgan fingerprint density at radius 2 is 1.36 bits per heavy atom. The predicted molar refractivity (Wildman–Crippen MR) is 142 cm³/mol. The van der Waals surface area contributed by atoms with E-state index in [1.54, 1.807) is 42.5 Å². The third-order valence-corrected chi connectivity index (χ3v) is 7.10. The minimum Gasteiger partial charge on any atom is -0.487 e. The van der Waals surface area contributed by atoms with Gasteiger partial charge in [0.2, 0.25) is 0 Å². The molecule has 6 nitrogen and oxygen atoms in total. The third kappa shape index (κ3) is 7.18. The Morgan fingerprint density at radius 3 is 2.00 bits per heavy atom. The summed E-state index contributed by atoms with van der Waals surface area (Å²) >= 11 is 0. The van der Waals surface area contributed by atoms with Crippen molar-refractivity contribution < 1.29 is 18.3 Å². The summed E-state index contributed by atoms with van der Waals surface area (Å²) in [5, 5.41) is 13.3. The number of hydrogen-bond acceptors (Lipinski definition) is 5. The molecule has 186 valence electrons. The van der Waals surface area contributed by atoms with E-state index in [0.717, 1.165) is 16.7 Å². The number of benzene rings is 4. The van der Waals surface area contributed by atoms with Gasteiger partial charge in [0.25, 0.3) is 10.0 Å². The number of aliphatic hydroxyl groups excluding tert-OH is 1. The second kappa shape index (κ2) is 12.4. The molecule has 0 heterocycles. The van der Waals surface area contributed by atoms with Crippen molar-refractivity contribution >= 4 is 15.7 Å². The Labute approximate surface area is 212 Å². The van der Waals surface area contributed by atoms with Crippen molar-refractivity contribution in [3.63, 3.8) is 0 Å². The van der Waals surface area contributed by atoms with Gasteiger partial charge in [-0.05, 0) is 47.4 Å². The van der Waals surface area contributed by atoms with Crippen LogP contribution in [0.3, 0.4) is 0 Å². The minimum absolute atomic E-state index is 0.0514. The van der Waals surface area contributed by atoms with Crippen LogP contribution in [-0.2, 0) is 29.6 Å². The van der Waals surface area contributed by atoms with Crippen LogP contribution in [0.1, 0.15) is 16.7 Å². The highest BCUT2D eigenvalue weighted by Gasteiger charge is 2.18. The number of nitrogens with one attached hydrogen (secondary N) is 2. The maximum absolute atomic E-state index is 13.1. The second-order valence-electron chi connectivity index (χ2n) is 8.47. The summed E-state index contributed by atoms with van der Waals surface area (Å²) in [5.41, 5.74) is 3.32. The number of anilines is 1. The van der Waals surface area contributed by atoms with Gasteiger partial charge in [-0.15, -0.1) is 0 Å². The number of rotatable bonds is 12. The van der Waals surface area contributed by atoms with Crippen molar-refractivity contribution in [2.75, 3.05) is 11.3 Å². The highest BCUT2D eigenvalue weighted by Crippen LogP contribution is 2.30. The molecule has 0 fully saturated rings. The molecule has 0 aliphatic carbocycles. The Morgan fingerprint density at radius 1 is 0.750 bits per heavy atom. The fourth-order valence-corrected chi connectivity index (χ4v) is 4.87. The van der Waals surface area contributed by atoms with E-state index in [4.69, 9.17) is 4.74 Å². The molecule has 0 aliphatic rings. The van der Waals surface area contributed by atoms with E-state index >= 15 is 0 Å².